The van der Waals surface area contributed by atoms with Crippen LogP contribution < -0.4 is 0 Å². The van der Waals surface area contributed by atoms with Crippen molar-refractivity contribution >= 4 is 6.21 Å². The van der Waals surface area contributed by atoms with Gasteiger partial charge < -0.3 is 4.84 Å². The van der Waals surface area contributed by atoms with Crippen LogP contribution in [0, 0.1) is 0 Å². The van der Waals surface area contributed by atoms with Crippen LogP contribution in [-0.2, 0) is 11.9 Å². The second-order valence-corrected chi connectivity index (χ2v) is 1.73. The lowest BCUT2D eigenvalue weighted by molar-refractivity contribution is 0.215. The number of hydrogen-bond donors (Lipinski definition) is 0. The van der Waals surface area contributed by atoms with Gasteiger partial charge in [-0.15, -0.1) is 5.10 Å². The minimum absolute atomic E-state index is 0.685. The second kappa shape index (κ2) is 2.95. The molecule has 0 spiro atoms. The highest BCUT2D eigenvalue weighted by Gasteiger charge is 1.90. The Bertz CT molecular complexity index is 229. The Kier molecular flexibility index (Phi) is 1.99. The Hall–Kier alpha value is -1.39. The van der Waals surface area contributed by atoms with Gasteiger partial charge in [-0.25, -0.2) is 0 Å². The summed E-state index contributed by atoms with van der Waals surface area (Å²) in [6, 6.07) is 0. The van der Waals surface area contributed by atoms with Crippen LogP contribution in [0.3, 0.4) is 0 Å². The highest BCUT2D eigenvalue weighted by Crippen LogP contribution is 1.84. The fourth-order valence-corrected chi connectivity index (χ4v) is 0.531. The van der Waals surface area contributed by atoms with Crippen LogP contribution in [0.15, 0.2) is 11.4 Å². The molecule has 0 aliphatic heterocycles. The Balaban J connectivity index is 2.67. The van der Waals surface area contributed by atoms with Crippen molar-refractivity contribution < 1.29 is 4.84 Å². The fourth-order valence-electron chi connectivity index (χ4n) is 0.531. The molecule has 0 fully saturated rings. The zero-order valence-electron chi connectivity index (χ0n) is 5.85. The minimum atomic E-state index is 0.685. The van der Waals surface area contributed by atoms with Crippen molar-refractivity contribution in [1.29, 1.82) is 0 Å². The molecule has 0 aliphatic rings. The number of aryl methyl sites for hydroxylation is 1. The molecule has 0 bridgehead atoms. The van der Waals surface area contributed by atoms with Gasteiger partial charge in [0.1, 0.15) is 12.8 Å². The van der Waals surface area contributed by atoms with Gasteiger partial charge in [0.05, 0.1) is 12.4 Å². The molecule has 5 nitrogen and oxygen atoms in total. The predicted molar refractivity (Wildman–Crippen MR) is 35.6 cm³/mol. The van der Waals surface area contributed by atoms with E-state index in [0.29, 0.717) is 5.69 Å². The third-order valence-electron chi connectivity index (χ3n) is 0.911. The quantitative estimate of drug-likeness (QED) is 0.422. The lowest BCUT2D eigenvalue weighted by atomic mass is 10.5. The summed E-state index contributed by atoms with van der Waals surface area (Å²) in [5.74, 6) is 0. The molecule has 5 heteroatoms. The van der Waals surface area contributed by atoms with E-state index in [0.717, 1.165) is 0 Å². The van der Waals surface area contributed by atoms with Crippen molar-refractivity contribution in [2.75, 3.05) is 7.11 Å². The van der Waals surface area contributed by atoms with E-state index in [1.807, 2.05) is 0 Å². The topological polar surface area (TPSA) is 52.3 Å². The number of nitrogens with zero attached hydrogens (tertiary/aromatic N) is 4. The number of hydrogen-bond acceptors (Lipinski definition) is 4. The first kappa shape index (κ1) is 6.73. The van der Waals surface area contributed by atoms with E-state index in [4.69, 9.17) is 0 Å². The SMILES string of the molecule is CON=Cc1cn(C)nn1. The Labute approximate surface area is 58.3 Å². The van der Waals surface area contributed by atoms with Gasteiger partial charge in [-0.3, -0.25) is 4.68 Å². The van der Waals surface area contributed by atoms with Crippen LogP contribution in [-0.4, -0.2) is 28.3 Å². The second-order valence-electron chi connectivity index (χ2n) is 1.73. The van der Waals surface area contributed by atoms with Crippen molar-refractivity contribution in [1.82, 2.24) is 15.0 Å². The van der Waals surface area contributed by atoms with E-state index >= 15 is 0 Å². The summed E-state index contributed by atoms with van der Waals surface area (Å²) in [6.07, 6.45) is 3.23. The molecule has 0 radical (unpaired) electrons. The van der Waals surface area contributed by atoms with Crippen LogP contribution in [0.2, 0.25) is 0 Å². The molecule has 0 amide bonds. The van der Waals surface area contributed by atoms with E-state index in [2.05, 4.69) is 20.3 Å². The molecule has 0 unspecified atom stereocenters. The molecule has 10 heavy (non-hydrogen) atoms. The van der Waals surface area contributed by atoms with Gasteiger partial charge in [0.2, 0.25) is 0 Å². The summed E-state index contributed by atoms with van der Waals surface area (Å²) >= 11 is 0. The molecule has 0 aliphatic carbocycles. The first-order valence-electron chi connectivity index (χ1n) is 2.76. The lowest BCUT2D eigenvalue weighted by Crippen LogP contribution is -1.85. The third kappa shape index (κ3) is 1.54. The average Bonchev–Trinajstić information content (AvgIpc) is 2.31. The van der Waals surface area contributed by atoms with Crippen LogP contribution in [0.4, 0.5) is 0 Å². The number of rotatable bonds is 2. The number of aromatic nitrogens is 3. The monoisotopic (exact) mass is 140 g/mol. The van der Waals surface area contributed by atoms with Gasteiger partial charge in [0.15, 0.2) is 0 Å². The molecule has 0 saturated heterocycles. The fraction of sp³-hybridized carbons (Fsp3) is 0.400. The largest absolute Gasteiger partial charge is 0.399 e. The predicted octanol–water partition coefficient (Wildman–Crippen LogP) is -0.205. The molecular formula is C5H8N4O. The van der Waals surface area contributed by atoms with Crippen molar-refractivity contribution in [3.63, 3.8) is 0 Å². The molecule has 1 rings (SSSR count). The molecule has 1 heterocycles. The van der Waals surface area contributed by atoms with Crippen molar-refractivity contribution in [3.8, 4) is 0 Å². The molecule has 0 saturated carbocycles. The van der Waals surface area contributed by atoms with Crippen LogP contribution >= 0.6 is 0 Å². The van der Waals surface area contributed by atoms with E-state index in [1.54, 1.807) is 17.9 Å². The van der Waals surface area contributed by atoms with Gasteiger partial charge in [0, 0.05) is 7.05 Å². The first-order valence-corrected chi connectivity index (χ1v) is 2.76. The van der Waals surface area contributed by atoms with E-state index < -0.39 is 0 Å². The van der Waals surface area contributed by atoms with E-state index in [9.17, 15) is 0 Å². The minimum Gasteiger partial charge on any atom is -0.399 e. The highest BCUT2D eigenvalue weighted by atomic mass is 16.6. The van der Waals surface area contributed by atoms with Crippen molar-refractivity contribution in [2.45, 2.75) is 0 Å². The molecule has 1 aromatic rings. The standard InChI is InChI=1S/C5H8N4O/c1-9-4-5(7-8-9)3-6-10-2/h3-4H,1-2H3. The smallest absolute Gasteiger partial charge is 0.127 e. The summed E-state index contributed by atoms with van der Waals surface area (Å²) in [5, 5.41) is 10.9. The van der Waals surface area contributed by atoms with E-state index in [1.165, 1.54) is 13.3 Å². The maximum atomic E-state index is 4.45. The molecule has 0 aromatic carbocycles. The van der Waals surface area contributed by atoms with Gasteiger partial charge in [0.25, 0.3) is 0 Å². The van der Waals surface area contributed by atoms with Crippen molar-refractivity contribution in [3.05, 3.63) is 11.9 Å². The molecule has 54 valence electrons. The van der Waals surface area contributed by atoms with Gasteiger partial charge in [-0.2, -0.15) is 0 Å². The molecule has 1 aromatic heterocycles. The van der Waals surface area contributed by atoms with Crippen LogP contribution in [0.25, 0.3) is 0 Å². The Morgan fingerprint density at radius 1 is 1.80 bits per heavy atom. The van der Waals surface area contributed by atoms with Crippen LogP contribution in [0.1, 0.15) is 5.69 Å². The van der Waals surface area contributed by atoms with Crippen molar-refractivity contribution in [2.24, 2.45) is 12.2 Å². The van der Waals surface area contributed by atoms with E-state index in [-0.39, 0.29) is 0 Å². The third-order valence-corrected chi connectivity index (χ3v) is 0.911. The average molecular weight is 140 g/mol. The zero-order valence-corrected chi connectivity index (χ0v) is 5.85. The Morgan fingerprint density at radius 3 is 3.10 bits per heavy atom. The van der Waals surface area contributed by atoms with Gasteiger partial charge in [-0.05, 0) is 0 Å². The first-order chi connectivity index (χ1) is 4.83. The maximum Gasteiger partial charge on any atom is 0.127 e. The summed E-state index contributed by atoms with van der Waals surface area (Å²) in [7, 11) is 3.27. The summed E-state index contributed by atoms with van der Waals surface area (Å²) in [6.45, 7) is 0. The number of oxime groups is 1. The maximum absolute atomic E-state index is 4.45. The Morgan fingerprint density at radius 2 is 2.60 bits per heavy atom. The normalized spacial score (nSPS) is 10.6. The zero-order chi connectivity index (χ0) is 7.40. The lowest BCUT2D eigenvalue weighted by Gasteiger charge is -1.80. The van der Waals surface area contributed by atoms with Gasteiger partial charge >= 0.3 is 0 Å². The molecule has 0 N–H and O–H groups in total. The molecular weight excluding hydrogens is 132 g/mol. The summed E-state index contributed by atoms with van der Waals surface area (Å²) in [4.78, 5) is 4.45. The summed E-state index contributed by atoms with van der Waals surface area (Å²) in [5.41, 5.74) is 0.685. The summed E-state index contributed by atoms with van der Waals surface area (Å²) < 4.78 is 1.59. The van der Waals surface area contributed by atoms with Gasteiger partial charge in [-0.1, -0.05) is 10.4 Å². The molecule has 0 atom stereocenters. The highest BCUT2D eigenvalue weighted by molar-refractivity contribution is 5.75. The van der Waals surface area contributed by atoms with Crippen LogP contribution in [0.5, 0.6) is 0 Å².